The Hall–Kier alpha value is -1.91. The van der Waals surface area contributed by atoms with Gasteiger partial charge < -0.3 is 5.32 Å². The van der Waals surface area contributed by atoms with Gasteiger partial charge in [-0.2, -0.15) is 10.5 Å². The van der Waals surface area contributed by atoms with Gasteiger partial charge in [0.25, 0.3) is 0 Å². The molecular weight excluding hydrogens is 194 g/mol. The number of anilines is 1. The Morgan fingerprint density at radius 1 is 1.21 bits per heavy atom. The molecule has 0 bridgehead atoms. The summed E-state index contributed by atoms with van der Waals surface area (Å²) in [5.74, 6) is -0.884. The molecule has 0 atom stereocenters. The zero-order valence-corrected chi connectivity index (χ0v) is 8.08. The number of nitrogens with zero attached hydrogens (tertiary/aromatic N) is 2. The van der Waals surface area contributed by atoms with E-state index in [-0.39, 0.29) is 4.99 Å². The van der Waals surface area contributed by atoms with Crippen molar-refractivity contribution in [1.82, 2.24) is 0 Å². The predicted octanol–water partition coefficient (Wildman–Crippen LogP) is 2.09. The molecule has 0 amide bonds. The summed E-state index contributed by atoms with van der Waals surface area (Å²) < 4.78 is 0. The minimum atomic E-state index is -0.884. The van der Waals surface area contributed by atoms with Crippen molar-refractivity contribution in [3.8, 4) is 12.1 Å². The number of nitriles is 2. The first-order chi connectivity index (χ1) is 6.77. The van der Waals surface area contributed by atoms with Gasteiger partial charge in [-0.1, -0.05) is 30.4 Å². The predicted molar refractivity (Wildman–Crippen MR) is 57.4 cm³/mol. The molecule has 0 aliphatic heterocycles. The smallest absolute Gasteiger partial charge is 0.183 e. The summed E-state index contributed by atoms with van der Waals surface area (Å²) in [6, 6.07) is 12.8. The Kier molecular flexibility index (Phi) is 3.60. The van der Waals surface area contributed by atoms with Crippen molar-refractivity contribution in [1.29, 1.82) is 10.5 Å². The Bertz CT molecular complexity index is 386. The average molecular weight is 201 g/mol. The number of thiocarbonyl (C=S) groups is 1. The second-order valence-electron chi connectivity index (χ2n) is 2.55. The molecule has 0 heterocycles. The monoisotopic (exact) mass is 201 g/mol. The fourth-order valence-corrected chi connectivity index (χ4v) is 1.11. The number of hydrogen-bond acceptors (Lipinski definition) is 3. The van der Waals surface area contributed by atoms with Crippen LogP contribution in [0.25, 0.3) is 0 Å². The quantitative estimate of drug-likeness (QED) is 0.744. The number of benzene rings is 1. The highest BCUT2D eigenvalue weighted by atomic mass is 32.1. The molecule has 0 radical (unpaired) electrons. The van der Waals surface area contributed by atoms with Crippen LogP contribution in [0.2, 0.25) is 0 Å². The first-order valence-electron chi connectivity index (χ1n) is 3.93. The van der Waals surface area contributed by atoms with Crippen molar-refractivity contribution in [2.45, 2.75) is 0 Å². The van der Waals surface area contributed by atoms with E-state index in [4.69, 9.17) is 22.7 Å². The van der Waals surface area contributed by atoms with Gasteiger partial charge in [0, 0.05) is 5.69 Å². The second-order valence-corrected chi connectivity index (χ2v) is 2.99. The molecule has 1 aromatic rings. The third-order valence-corrected chi connectivity index (χ3v) is 1.90. The van der Waals surface area contributed by atoms with Gasteiger partial charge in [-0.25, -0.2) is 0 Å². The molecule has 0 fully saturated rings. The minimum Gasteiger partial charge on any atom is -0.348 e. The Labute approximate surface area is 87.6 Å². The molecule has 14 heavy (non-hydrogen) atoms. The lowest BCUT2D eigenvalue weighted by molar-refractivity contribution is 1.17. The fourth-order valence-electron chi connectivity index (χ4n) is 0.882. The normalized spacial score (nSPS) is 8.79. The molecule has 4 heteroatoms. The van der Waals surface area contributed by atoms with E-state index >= 15 is 0 Å². The molecular formula is C10H7N3S. The van der Waals surface area contributed by atoms with Gasteiger partial charge in [0.1, 0.15) is 4.99 Å². The summed E-state index contributed by atoms with van der Waals surface area (Å²) in [7, 11) is 0. The van der Waals surface area contributed by atoms with Gasteiger partial charge in [0.15, 0.2) is 5.92 Å². The first-order valence-corrected chi connectivity index (χ1v) is 4.34. The van der Waals surface area contributed by atoms with Crippen molar-refractivity contribution in [3.63, 3.8) is 0 Å². The lowest BCUT2D eigenvalue weighted by atomic mass is 10.2. The van der Waals surface area contributed by atoms with Gasteiger partial charge in [-0.05, 0) is 12.1 Å². The topological polar surface area (TPSA) is 59.6 Å². The van der Waals surface area contributed by atoms with E-state index in [1.165, 1.54) is 0 Å². The van der Waals surface area contributed by atoms with Crippen LogP contribution in [-0.4, -0.2) is 4.99 Å². The molecule has 1 rings (SSSR count). The summed E-state index contributed by atoms with van der Waals surface area (Å²) in [4.78, 5) is 0.237. The van der Waals surface area contributed by atoms with Crippen molar-refractivity contribution in [2.75, 3.05) is 5.32 Å². The van der Waals surface area contributed by atoms with E-state index in [0.717, 1.165) is 5.69 Å². The van der Waals surface area contributed by atoms with Crippen LogP contribution in [0.1, 0.15) is 0 Å². The van der Waals surface area contributed by atoms with Crippen molar-refractivity contribution < 1.29 is 0 Å². The van der Waals surface area contributed by atoms with E-state index in [9.17, 15) is 0 Å². The summed E-state index contributed by atoms with van der Waals surface area (Å²) >= 11 is 4.90. The molecule has 3 nitrogen and oxygen atoms in total. The molecule has 0 aromatic heterocycles. The molecule has 1 aromatic carbocycles. The van der Waals surface area contributed by atoms with Crippen LogP contribution < -0.4 is 5.32 Å². The van der Waals surface area contributed by atoms with Crippen LogP contribution in [0.3, 0.4) is 0 Å². The summed E-state index contributed by atoms with van der Waals surface area (Å²) in [5, 5.41) is 20.0. The molecule has 68 valence electrons. The summed E-state index contributed by atoms with van der Waals surface area (Å²) in [6.07, 6.45) is 0. The second kappa shape index (κ2) is 4.96. The molecule has 1 N–H and O–H groups in total. The highest BCUT2D eigenvalue weighted by Gasteiger charge is 2.11. The SMILES string of the molecule is N#CC(C#N)C(=S)Nc1ccccc1. The third-order valence-electron chi connectivity index (χ3n) is 1.56. The van der Waals surface area contributed by atoms with Gasteiger partial charge >= 0.3 is 0 Å². The molecule has 0 aliphatic rings. The maximum Gasteiger partial charge on any atom is 0.183 e. The number of para-hydroxylation sites is 1. The lowest BCUT2D eigenvalue weighted by Gasteiger charge is -2.06. The number of nitrogens with one attached hydrogen (secondary N) is 1. The zero-order chi connectivity index (χ0) is 10.4. The van der Waals surface area contributed by atoms with E-state index in [1.54, 1.807) is 12.1 Å². The first kappa shape index (κ1) is 10.2. The van der Waals surface area contributed by atoms with Crippen LogP contribution in [0.15, 0.2) is 30.3 Å². The van der Waals surface area contributed by atoms with Crippen molar-refractivity contribution in [3.05, 3.63) is 30.3 Å². The molecule has 0 saturated carbocycles. The maximum atomic E-state index is 8.57. The van der Waals surface area contributed by atoms with Gasteiger partial charge in [-0.15, -0.1) is 0 Å². The van der Waals surface area contributed by atoms with Gasteiger partial charge in [0.2, 0.25) is 0 Å². The third kappa shape index (κ3) is 2.55. The highest BCUT2D eigenvalue weighted by molar-refractivity contribution is 7.80. The van der Waals surface area contributed by atoms with Crippen LogP contribution in [0.5, 0.6) is 0 Å². The molecule has 0 unspecified atom stereocenters. The van der Waals surface area contributed by atoms with Crippen molar-refractivity contribution >= 4 is 22.9 Å². The van der Waals surface area contributed by atoms with E-state index in [1.807, 2.05) is 30.3 Å². The van der Waals surface area contributed by atoms with E-state index in [0.29, 0.717) is 0 Å². The highest BCUT2D eigenvalue weighted by Crippen LogP contribution is 2.08. The summed E-state index contributed by atoms with van der Waals surface area (Å²) in [5.41, 5.74) is 0.785. The fraction of sp³-hybridized carbons (Fsp3) is 0.100. The van der Waals surface area contributed by atoms with Crippen LogP contribution in [-0.2, 0) is 0 Å². The van der Waals surface area contributed by atoms with Crippen LogP contribution in [0.4, 0.5) is 5.69 Å². The maximum absolute atomic E-state index is 8.57. The van der Waals surface area contributed by atoms with E-state index in [2.05, 4.69) is 5.32 Å². The van der Waals surface area contributed by atoms with Gasteiger partial charge in [0.05, 0.1) is 12.1 Å². The number of hydrogen-bond donors (Lipinski definition) is 1. The Morgan fingerprint density at radius 2 is 1.79 bits per heavy atom. The molecule has 0 aliphatic carbocycles. The molecule has 0 spiro atoms. The zero-order valence-electron chi connectivity index (χ0n) is 7.27. The Balaban J connectivity index is 2.68. The molecule has 0 saturated heterocycles. The minimum absolute atomic E-state index is 0.237. The van der Waals surface area contributed by atoms with Gasteiger partial charge in [-0.3, -0.25) is 0 Å². The van der Waals surface area contributed by atoms with E-state index < -0.39 is 5.92 Å². The standard InChI is InChI=1S/C10H7N3S/c11-6-8(7-12)10(14)13-9-4-2-1-3-5-9/h1-5,8H,(H,13,14). The largest absolute Gasteiger partial charge is 0.348 e. The Morgan fingerprint density at radius 3 is 2.29 bits per heavy atom. The average Bonchev–Trinajstić information content (AvgIpc) is 2.21. The van der Waals surface area contributed by atoms with Crippen LogP contribution in [0, 0.1) is 28.6 Å². The van der Waals surface area contributed by atoms with Crippen molar-refractivity contribution in [2.24, 2.45) is 5.92 Å². The summed E-state index contributed by atoms with van der Waals surface area (Å²) in [6.45, 7) is 0. The lowest BCUT2D eigenvalue weighted by Crippen LogP contribution is -2.17. The number of rotatable bonds is 2. The van der Waals surface area contributed by atoms with Crippen LogP contribution >= 0.6 is 12.2 Å².